The van der Waals surface area contributed by atoms with Crippen LogP contribution in [-0.4, -0.2) is 66.7 Å². The first-order valence-electron chi connectivity index (χ1n) is 9.15. The van der Waals surface area contributed by atoms with E-state index in [9.17, 15) is 9.59 Å². The van der Waals surface area contributed by atoms with E-state index in [1.807, 2.05) is 51.2 Å². The summed E-state index contributed by atoms with van der Waals surface area (Å²) in [6, 6.07) is 9.22. The Bertz CT molecular complexity index is 657. The smallest absolute Gasteiger partial charge is 0.254 e. The van der Waals surface area contributed by atoms with Crippen molar-refractivity contribution in [3.63, 3.8) is 0 Å². The average Bonchev–Trinajstić information content (AvgIpc) is 3.41. The van der Waals surface area contributed by atoms with Gasteiger partial charge in [0.2, 0.25) is 5.91 Å². The fourth-order valence-electron chi connectivity index (χ4n) is 3.84. The second-order valence-corrected chi connectivity index (χ2v) is 7.54. The van der Waals surface area contributed by atoms with Crippen LogP contribution in [0.1, 0.15) is 38.3 Å². The third-order valence-electron chi connectivity index (χ3n) is 5.48. The molecule has 0 aromatic heterocycles. The fraction of sp³-hybridized carbons (Fsp3) is 0.600. The number of rotatable bonds is 6. The number of hydrogen-bond donors (Lipinski definition) is 0. The number of likely N-dealkylation sites (N-methyl/N-ethyl adjacent to an activating group) is 1. The lowest BCUT2D eigenvalue weighted by molar-refractivity contribution is -0.173. The van der Waals surface area contributed by atoms with Crippen LogP contribution < -0.4 is 0 Å². The number of carbonyl (C=O) groups is 2. The van der Waals surface area contributed by atoms with E-state index >= 15 is 0 Å². The van der Waals surface area contributed by atoms with Crippen molar-refractivity contribution in [2.24, 2.45) is 0 Å². The molecule has 26 heavy (non-hydrogen) atoms. The summed E-state index contributed by atoms with van der Waals surface area (Å²) in [7, 11) is 3.47. The predicted octanol–water partition coefficient (Wildman–Crippen LogP) is 2.00. The highest BCUT2D eigenvalue weighted by Crippen LogP contribution is 2.43. The first-order chi connectivity index (χ1) is 12.4. The monoisotopic (exact) mass is 360 g/mol. The summed E-state index contributed by atoms with van der Waals surface area (Å²) in [5, 5.41) is 0. The van der Waals surface area contributed by atoms with Gasteiger partial charge >= 0.3 is 0 Å². The maximum absolute atomic E-state index is 13.3. The molecular formula is C20H28N2O4. The molecule has 142 valence electrons. The molecule has 3 rings (SSSR count). The van der Waals surface area contributed by atoms with Gasteiger partial charge in [-0.05, 0) is 32.3 Å². The van der Waals surface area contributed by atoms with Crippen molar-refractivity contribution in [1.82, 2.24) is 9.80 Å². The highest BCUT2D eigenvalue weighted by molar-refractivity contribution is 5.87. The van der Waals surface area contributed by atoms with E-state index < -0.39 is 12.1 Å². The zero-order chi connectivity index (χ0) is 18.9. The van der Waals surface area contributed by atoms with Crippen LogP contribution in [0.2, 0.25) is 0 Å². The lowest BCUT2D eigenvalue weighted by Crippen LogP contribution is -2.58. The molecule has 1 aromatic carbocycles. The molecule has 1 heterocycles. The number of hydrogen-bond acceptors (Lipinski definition) is 4. The van der Waals surface area contributed by atoms with Crippen molar-refractivity contribution in [1.29, 1.82) is 0 Å². The quantitative estimate of drug-likeness (QED) is 0.779. The lowest BCUT2D eigenvalue weighted by Gasteiger charge is -2.44. The molecule has 0 bridgehead atoms. The van der Waals surface area contributed by atoms with Crippen LogP contribution in [0.5, 0.6) is 0 Å². The van der Waals surface area contributed by atoms with Crippen molar-refractivity contribution in [3.8, 4) is 0 Å². The molecule has 0 unspecified atom stereocenters. The van der Waals surface area contributed by atoms with Crippen molar-refractivity contribution in [3.05, 3.63) is 35.9 Å². The summed E-state index contributed by atoms with van der Waals surface area (Å²) >= 11 is 0. The van der Waals surface area contributed by atoms with Gasteiger partial charge in [-0.25, -0.2) is 0 Å². The van der Waals surface area contributed by atoms with E-state index in [4.69, 9.17) is 9.47 Å². The normalized spacial score (nSPS) is 24.7. The standard InChI is InChI=1S/C20H28N2O4/c1-14(2)22-16(23)12-26-18(17(22)15-8-6-5-7-9-15)19(24)21(3)20(10-11-20)13-25-4/h5-9,14,17-18H,10-13H2,1-4H3/t17-,18+/m1/s1. The summed E-state index contributed by atoms with van der Waals surface area (Å²) in [6.45, 7) is 4.39. The third kappa shape index (κ3) is 3.35. The second-order valence-electron chi connectivity index (χ2n) is 7.54. The SMILES string of the molecule is COCC1(N(C)C(=O)[C@H]2OCC(=O)N(C(C)C)[C@@H]2c2ccccc2)CC1. The molecule has 1 saturated heterocycles. The zero-order valence-corrected chi connectivity index (χ0v) is 16.0. The Morgan fingerprint density at radius 3 is 2.54 bits per heavy atom. The van der Waals surface area contributed by atoms with Gasteiger partial charge in [0.15, 0.2) is 6.10 Å². The van der Waals surface area contributed by atoms with Gasteiger partial charge < -0.3 is 19.3 Å². The number of benzene rings is 1. The molecule has 0 spiro atoms. The van der Waals surface area contributed by atoms with Gasteiger partial charge in [0.1, 0.15) is 6.61 Å². The van der Waals surface area contributed by atoms with Crippen LogP contribution in [0.15, 0.2) is 30.3 Å². The average molecular weight is 360 g/mol. The Balaban J connectivity index is 1.93. The van der Waals surface area contributed by atoms with Crippen LogP contribution in [0.4, 0.5) is 0 Å². The summed E-state index contributed by atoms with van der Waals surface area (Å²) in [5.41, 5.74) is 0.679. The van der Waals surface area contributed by atoms with Gasteiger partial charge in [-0.2, -0.15) is 0 Å². The second kappa shape index (κ2) is 7.37. The minimum absolute atomic E-state index is 0.0222. The first-order valence-corrected chi connectivity index (χ1v) is 9.15. The van der Waals surface area contributed by atoms with Gasteiger partial charge in [0.05, 0.1) is 18.2 Å². The zero-order valence-electron chi connectivity index (χ0n) is 16.0. The molecule has 1 aromatic rings. The van der Waals surface area contributed by atoms with Crippen molar-refractivity contribution < 1.29 is 19.1 Å². The molecule has 1 saturated carbocycles. The number of nitrogens with zero attached hydrogens (tertiary/aromatic N) is 2. The molecule has 1 aliphatic heterocycles. The molecular weight excluding hydrogens is 332 g/mol. The fourth-order valence-corrected chi connectivity index (χ4v) is 3.84. The predicted molar refractivity (Wildman–Crippen MR) is 97.5 cm³/mol. The lowest BCUT2D eigenvalue weighted by atomic mass is 9.95. The molecule has 6 nitrogen and oxygen atoms in total. The summed E-state index contributed by atoms with van der Waals surface area (Å²) in [5.74, 6) is -0.176. The number of ether oxygens (including phenoxy) is 2. The van der Waals surface area contributed by atoms with Crippen LogP contribution in [0.3, 0.4) is 0 Å². The van der Waals surface area contributed by atoms with Crippen molar-refractivity contribution in [2.75, 3.05) is 27.4 Å². The van der Waals surface area contributed by atoms with Crippen LogP contribution in [-0.2, 0) is 19.1 Å². The highest BCUT2D eigenvalue weighted by atomic mass is 16.5. The maximum Gasteiger partial charge on any atom is 0.254 e. The van der Waals surface area contributed by atoms with Gasteiger partial charge in [-0.15, -0.1) is 0 Å². The highest BCUT2D eigenvalue weighted by Gasteiger charge is 2.52. The van der Waals surface area contributed by atoms with E-state index in [0.717, 1.165) is 18.4 Å². The van der Waals surface area contributed by atoms with Crippen LogP contribution >= 0.6 is 0 Å². The topological polar surface area (TPSA) is 59.1 Å². The Morgan fingerprint density at radius 2 is 2.00 bits per heavy atom. The minimum Gasteiger partial charge on any atom is -0.382 e. The molecule has 1 aliphatic carbocycles. The molecule has 0 radical (unpaired) electrons. The summed E-state index contributed by atoms with van der Waals surface area (Å²) < 4.78 is 11.1. The Kier molecular flexibility index (Phi) is 5.34. The number of carbonyl (C=O) groups excluding carboxylic acids is 2. The van der Waals surface area contributed by atoms with Gasteiger partial charge in [-0.1, -0.05) is 30.3 Å². The van der Waals surface area contributed by atoms with Gasteiger partial charge in [-0.3, -0.25) is 9.59 Å². The molecule has 2 amide bonds. The molecule has 0 N–H and O–H groups in total. The molecule has 2 atom stereocenters. The maximum atomic E-state index is 13.3. The van der Waals surface area contributed by atoms with E-state index in [1.54, 1.807) is 16.9 Å². The van der Waals surface area contributed by atoms with E-state index in [2.05, 4.69) is 0 Å². The Labute approximate surface area is 155 Å². The molecule has 6 heteroatoms. The van der Waals surface area contributed by atoms with E-state index in [0.29, 0.717) is 6.61 Å². The van der Waals surface area contributed by atoms with Gasteiger partial charge in [0.25, 0.3) is 5.91 Å². The third-order valence-corrected chi connectivity index (χ3v) is 5.48. The summed E-state index contributed by atoms with van der Waals surface area (Å²) in [6.07, 6.45) is 1.15. The Hall–Kier alpha value is -1.92. The van der Waals surface area contributed by atoms with E-state index in [1.165, 1.54) is 0 Å². The van der Waals surface area contributed by atoms with E-state index in [-0.39, 0.29) is 30.0 Å². The number of morpholine rings is 1. The first kappa shape index (κ1) is 18.9. The van der Waals surface area contributed by atoms with Crippen molar-refractivity contribution in [2.45, 2.75) is 50.4 Å². The van der Waals surface area contributed by atoms with Gasteiger partial charge in [0, 0.05) is 20.2 Å². The van der Waals surface area contributed by atoms with Crippen LogP contribution in [0.25, 0.3) is 0 Å². The summed E-state index contributed by atoms with van der Waals surface area (Å²) in [4.78, 5) is 29.4. The van der Waals surface area contributed by atoms with Crippen LogP contribution in [0, 0.1) is 0 Å². The number of amides is 2. The molecule has 2 fully saturated rings. The number of methoxy groups -OCH3 is 1. The Morgan fingerprint density at radius 1 is 1.35 bits per heavy atom. The van der Waals surface area contributed by atoms with Crippen molar-refractivity contribution >= 4 is 11.8 Å². The minimum atomic E-state index is -0.711. The molecule has 2 aliphatic rings. The largest absolute Gasteiger partial charge is 0.382 e.